The van der Waals surface area contributed by atoms with Gasteiger partial charge in [-0.15, -0.1) is 10.2 Å². The minimum Gasteiger partial charge on any atom is -0.301 e. The first-order valence-corrected chi connectivity index (χ1v) is 7.66. The Bertz CT molecular complexity index is 615. The number of hydrogen-bond acceptors (Lipinski definition) is 4. The van der Waals surface area contributed by atoms with Crippen LogP contribution in [0.4, 0.5) is 5.13 Å². The lowest BCUT2D eigenvalue weighted by Gasteiger charge is -2.04. The third-order valence-electron chi connectivity index (χ3n) is 2.64. The number of benzene rings is 1. The predicted molar refractivity (Wildman–Crippen MR) is 82.7 cm³/mol. The largest absolute Gasteiger partial charge is 0.301 e. The number of carbonyl (C=O) groups excluding carboxylic acids is 1. The van der Waals surface area contributed by atoms with Crippen LogP contribution in [0.25, 0.3) is 0 Å². The molecule has 0 saturated carbocycles. The number of amides is 1. The third-order valence-corrected chi connectivity index (χ3v) is 3.98. The van der Waals surface area contributed by atoms with Crippen LogP contribution in [-0.4, -0.2) is 16.1 Å². The highest BCUT2D eigenvalue weighted by Gasteiger charge is 2.07. The summed E-state index contributed by atoms with van der Waals surface area (Å²) in [5.41, 5.74) is 0.996. The molecule has 0 aliphatic heterocycles. The van der Waals surface area contributed by atoms with Crippen molar-refractivity contribution >= 4 is 45.6 Å². The molecule has 1 aromatic carbocycles. The highest BCUT2D eigenvalue weighted by atomic mass is 35.5. The Labute approximate surface area is 131 Å². The Morgan fingerprint density at radius 3 is 2.80 bits per heavy atom. The zero-order valence-electron chi connectivity index (χ0n) is 10.8. The lowest BCUT2D eigenvalue weighted by Crippen LogP contribution is -2.11. The number of nitrogens with zero attached hydrogens (tertiary/aromatic N) is 2. The van der Waals surface area contributed by atoms with Crippen molar-refractivity contribution in [1.29, 1.82) is 0 Å². The molecule has 20 heavy (non-hydrogen) atoms. The molecule has 1 amide bonds. The van der Waals surface area contributed by atoms with Crippen LogP contribution >= 0.6 is 34.5 Å². The molecule has 0 atom stereocenters. The Morgan fingerprint density at radius 1 is 1.35 bits per heavy atom. The maximum Gasteiger partial charge on any atom is 0.226 e. The average Bonchev–Trinajstić information content (AvgIpc) is 2.77. The Kier molecular flexibility index (Phi) is 5.34. The summed E-state index contributed by atoms with van der Waals surface area (Å²) in [6, 6.07) is 5.39. The van der Waals surface area contributed by atoms with E-state index in [2.05, 4.69) is 15.5 Å². The van der Waals surface area contributed by atoms with E-state index >= 15 is 0 Å². The molecular weight excluding hydrogens is 317 g/mol. The van der Waals surface area contributed by atoms with Gasteiger partial charge in [0.25, 0.3) is 0 Å². The zero-order valence-corrected chi connectivity index (χ0v) is 13.1. The Morgan fingerprint density at radius 2 is 2.15 bits per heavy atom. The molecule has 0 fully saturated rings. The van der Waals surface area contributed by atoms with Crippen molar-refractivity contribution in [3.05, 3.63) is 38.8 Å². The van der Waals surface area contributed by atoms with Gasteiger partial charge in [0.15, 0.2) is 0 Å². The van der Waals surface area contributed by atoms with Gasteiger partial charge in [0, 0.05) is 16.5 Å². The van der Waals surface area contributed by atoms with E-state index in [9.17, 15) is 4.79 Å². The van der Waals surface area contributed by atoms with E-state index in [1.807, 2.05) is 13.0 Å². The minimum absolute atomic E-state index is 0.0637. The quantitative estimate of drug-likeness (QED) is 0.897. The number of carbonyl (C=O) groups is 1. The van der Waals surface area contributed by atoms with E-state index in [4.69, 9.17) is 23.2 Å². The summed E-state index contributed by atoms with van der Waals surface area (Å²) in [6.45, 7) is 1.84. The third kappa shape index (κ3) is 4.44. The first-order chi connectivity index (χ1) is 9.54. The van der Waals surface area contributed by atoms with Gasteiger partial charge in [-0.05, 0) is 37.5 Å². The second kappa shape index (κ2) is 7.02. The van der Waals surface area contributed by atoms with Crippen molar-refractivity contribution < 1.29 is 4.79 Å². The topological polar surface area (TPSA) is 54.9 Å². The Hall–Kier alpha value is -1.17. The van der Waals surface area contributed by atoms with Gasteiger partial charge in [-0.2, -0.15) is 0 Å². The molecular formula is C13H13Cl2N3OS. The van der Waals surface area contributed by atoms with E-state index in [1.165, 1.54) is 11.3 Å². The van der Waals surface area contributed by atoms with Crippen LogP contribution in [-0.2, 0) is 11.2 Å². The maximum absolute atomic E-state index is 11.7. The van der Waals surface area contributed by atoms with Crippen LogP contribution < -0.4 is 5.32 Å². The van der Waals surface area contributed by atoms with E-state index in [0.29, 0.717) is 28.0 Å². The first-order valence-electron chi connectivity index (χ1n) is 6.08. The van der Waals surface area contributed by atoms with Crippen molar-refractivity contribution in [3.8, 4) is 0 Å². The molecule has 1 aromatic heterocycles. The van der Waals surface area contributed by atoms with Gasteiger partial charge >= 0.3 is 0 Å². The van der Waals surface area contributed by atoms with Gasteiger partial charge in [-0.3, -0.25) is 4.79 Å². The summed E-state index contributed by atoms with van der Waals surface area (Å²) < 4.78 is 0. The van der Waals surface area contributed by atoms with Crippen LogP contribution in [0.3, 0.4) is 0 Å². The number of aryl methyl sites for hydroxylation is 2. The van der Waals surface area contributed by atoms with Crippen molar-refractivity contribution in [2.75, 3.05) is 5.32 Å². The summed E-state index contributed by atoms with van der Waals surface area (Å²) in [7, 11) is 0. The van der Waals surface area contributed by atoms with Crippen molar-refractivity contribution in [1.82, 2.24) is 10.2 Å². The molecule has 0 bridgehead atoms. The molecule has 1 heterocycles. The fourth-order valence-electron chi connectivity index (χ4n) is 1.69. The van der Waals surface area contributed by atoms with Gasteiger partial charge in [0.1, 0.15) is 5.01 Å². The molecule has 0 saturated heterocycles. The normalized spacial score (nSPS) is 10.6. The minimum atomic E-state index is -0.0637. The number of halogens is 2. The molecule has 4 nitrogen and oxygen atoms in total. The molecule has 2 aromatic rings. The second-order valence-electron chi connectivity index (χ2n) is 4.26. The highest BCUT2D eigenvalue weighted by molar-refractivity contribution is 7.15. The van der Waals surface area contributed by atoms with Gasteiger partial charge in [0.2, 0.25) is 11.0 Å². The van der Waals surface area contributed by atoms with Gasteiger partial charge in [-0.25, -0.2) is 0 Å². The summed E-state index contributed by atoms with van der Waals surface area (Å²) in [6.07, 6.45) is 1.86. The smallest absolute Gasteiger partial charge is 0.226 e. The molecule has 1 N–H and O–H groups in total. The predicted octanol–water partition coefficient (Wildman–Crippen LogP) is 4.11. The molecule has 0 spiro atoms. The second-order valence-corrected chi connectivity index (χ2v) is 6.29. The zero-order chi connectivity index (χ0) is 14.5. The number of anilines is 1. The number of hydrogen-bond donors (Lipinski definition) is 1. The van der Waals surface area contributed by atoms with Crippen molar-refractivity contribution in [3.63, 3.8) is 0 Å². The molecule has 0 unspecified atom stereocenters. The Balaban J connectivity index is 1.79. The molecule has 0 aliphatic carbocycles. The molecule has 2 rings (SSSR count). The van der Waals surface area contributed by atoms with Crippen molar-refractivity contribution in [2.45, 2.75) is 26.2 Å². The summed E-state index contributed by atoms with van der Waals surface area (Å²) in [5.74, 6) is -0.0637. The number of aromatic nitrogens is 2. The molecule has 106 valence electrons. The number of nitrogens with one attached hydrogen (secondary N) is 1. The molecule has 7 heteroatoms. The van der Waals surface area contributed by atoms with E-state index in [1.54, 1.807) is 12.1 Å². The standard InChI is InChI=1S/C13H13Cl2N3OS/c1-8-17-18-13(20-8)16-12(19)4-2-3-9-5-6-10(14)7-11(9)15/h5-7H,2-4H2,1H3,(H,16,18,19). The van der Waals surface area contributed by atoms with Crippen LogP contribution in [0.15, 0.2) is 18.2 Å². The molecule has 0 aliphatic rings. The van der Waals surface area contributed by atoms with E-state index < -0.39 is 0 Å². The van der Waals surface area contributed by atoms with Gasteiger partial charge in [0.05, 0.1) is 0 Å². The van der Waals surface area contributed by atoms with Gasteiger partial charge in [-0.1, -0.05) is 40.6 Å². The lowest BCUT2D eigenvalue weighted by atomic mass is 10.1. The van der Waals surface area contributed by atoms with Gasteiger partial charge < -0.3 is 5.32 Å². The fourth-order valence-corrected chi connectivity index (χ4v) is 2.80. The first kappa shape index (κ1) is 15.2. The monoisotopic (exact) mass is 329 g/mol. The van der Waals surface area contributed by atoms with Crippen molar-refractivity contribution in [2.24, 2.45) is 0 Å². The fraction of sp³-hybridized carbons (Fsp3) is 0.308. The lowest BCUT2D eigenvalue weighted by molar-refractivity contribution is -0.116. The van der Waals surface area contributed by atoms with Crippen LogP contribution in [0.1, 0.15) is 23.4 Å². The summed E-state index contributed by atoms with van der Waals surface area (Å²) >= 11 is 13.3. The summed E-state index contributed by atoms with van der Waals surface area (Å²) in [5, 5.41) is 13.0. The van der Waals surface area contributed by atoms with Crippen LogP contribution in [0, 0.1) is 6.92 Å². The van der Waals surface area contributed by atoms with E-state index in [0.717, 1.165) is 17.0 Å². The van der Waals surface area contributed by atoms with E-state index in [-0.39, 0.29) is 5.91 Å². The highest BCUT2D eigenvalue weighted by Crippen LogP contribution is 2.22. The SMILES string of the molecule is Cc1nnc(NC(=O)CCCc2ccc(Cl)cc2Cl)s1. The van der Waals surface area contributed by atoms with Crippen LogP contribution in [0.2, 0.25) is 10.0 Å². The van der Waals surface area contributed by atoms with Crippen LogP contribution in [0.5, 0.6) is 0 Å². The maximum atomic E-state index is 11.7. The average molecular weight is 330 g/mol. The molecule has 0 radical (unpaired) electrons. The summed E-state index contributed by atoms with van der Waals surface area (Å²) in [4.78, 5) is 11.7. The number of rotatable bonds is 5.